The summed E-state index contributed by atoms with van der Waals surface area (Å²) in [5.74, 6) is -0.486. The Balaban J connectivity index is 1.87. The van der Waals surface area contributed by atoms with Crippen molar-refractivity contribution in [2.45, 2.75) is 39.2 Å². The second-order valence-corrected chi connectivity index (χ2v) is 6.17. The Morgan fingerprint density at radius 1 is 1.22 bits per heavy atom. The first-order chi connectivity index (χ1) is 13.1. The highest BCUT2D eigenvalue weighted by Gasteiger charge is 2.20. The first-order valence-corrected chi connectivity index (χ1v) is 9.10. The number of carbonyl (C=O) groups is 3. The fourth-order valence-corrected chi connectivity index (χ4v) is 2.73. The predicted octanol–water partition coefficient (Wildman–Crippen LogP) is 2.02. The van der Waals surface area contributed by atoms with E-state index in [1.807, 2.05) is 44.2 Å². The van der Waals surface area contributed by atoms with Crippen molar-refractivity contribution in [1.82, 2.24) is 15.4 Å². The topological polar surface area (TPSA) is 92.5 Å². The van der Waals surface area contributed by atoms with Crippen molar-refractivity contribution in [3.05, 3.63) is 53.4 Å². The van der Waals surface area contributed by atoms with Crippen LogP contribution in [0.3, 0.4) is 0 Å². The van der Waals surface area contributed by atoms with Crippen molar-refractivity contribution in [2.75, 3.05) is 13.1 Å². The SMILES string of the molecule is CCN(CC)C(=O)c1cc(CC(=O)N[C@H](C=O)CCc2ccccc2)no1. The Morgan fingerprint density at radius 2 is 1.93 bits per heavy atom. The first kappa shape index (κ1) is 20.4. The van der Waals surface area contributed by atoms with Crippen LogP contribution in [-0.2, 0) is 22.4 Å². The zero-order valence-electron chi connectivity index (χ0n) is 15.7. The van der Waals surface area contributed by atoms with Crippen molar-refractivity contribution in [3.63, 3.8) is 0 Å². The average Bonchev–Trinajstić information content (AvgIpc) is 3.15. The number of hydrogen-bond acceptors (Lipinski definition) is 5. The molecule has 0 unspecified atom stereocenters. The van der Waals surface area contributed by atoms with Crippen LogP contribution >= 0.6 is 0 Å². The van der Waals surface area contributed by atoms with Gasteiger partial charge in [-0.15, -0.1) is 0 Å². The van der Waals surface area contributed by atoms with Crippen LogP contribution in [0.1, 0.15) is 42.1 Å². The van der Waals surface area contributed by atoms with Gasteiger partial charge in [0.2, 0.25) is 11.7 Å². The van der Waals surface area contributed by atoms with Crippen LogP contribution in [0.15, 0.2) is 40.9 Å². The normalized spacial score (nSPS) is 11.6. The number of nitrogens with one attached hydrogen (secondary N) is 1. The molecular formula is C20H25N3O4. The van der Waals surface area contributed by atoms with Crippen molar-refractivity contribution < 1.29 is 18.9 Å². The van der Waals surface area contributed by atoms with Crippen LogP contribution in [0.5, 0.6) is 0 Å². The number of aryl methyl sites for hydroxylation is 1. The second kappa shape index (κ2) is 10.3. The number of aromatic nitrogens is 1. The maximum atomic E-state index is 12.2. The summed E-state index contributed by atoms with van der Waals surface area (Å²) in [7, 11) is 0. The van der Waals surface area contributed by atoms with E-state index in [1.165, 1.54) is 6.07 Å². The van der Waals surface area contributed by atoms with Crippen LogP contribution in [0, 0.1) is 0 Å². The van der Waals surface area contributed by atoms with Gasteiger partial charge in [0.15, 0.2) is 0 Å². The molecule has 7 heteroatoms. The fraction of sp³-hybridized carbons (Fsp3) is 0.400. The molecule has 2 aromatic rings. The summed E-state index contributed by atoms with van der Waals surface area (Å²) in [6, 6.07) is 10.7. The van der Waals surface area contributed by atoms with Crippen LogP contribution in [0.25, 0.3) is 0 Å². The Bertz CT molecular complexity index is 754. The molecule has 0 spiro atoms. The van der Waals surface area contributed by atoms with Gasteiger partial charge in [0.25, 0.3) is 5.91 Å². The van der Waals surface area contributed by atoms with Crippen molar-refractivity contribution >= 4 is 18.1 Å². The van der Waals surface area contributed by atoms with E-state index in [9.17, 15) is 14.4 Å². The zero-order chi connectivity index (χ0) is 19.6. The van der Waals surface area contributed by atoms with Gasteiger partial charge in [0.05, 0.1) is 18.2 Å². The molecule has 1 aromatic heterocycles. The molecule has 0 aliphatic rings. The summed E-state index contributed by atoms with van der Waals surface area (Å²) in [4.78, 5) is 37.2. The van der Waals surface area contributed by atoms with Gasteiger partial charge in [-0.3, -0.25) is 9.59 Å². The molecule has 0 aliphatic heterocycles. The number of nitrogens with zero attached hydrogens (tertiary/aromatic N) is 2. The monoisotopic (exact) mass is 371 g/mol. The number of amides is 2. The van der Waals surface area contributed by atoms with E-state index in [4.69, 9.17) is 4.52 Å². The predicted molar refractivity (Wildman–Crippen MR) is 100 cm³/mol. The van der Waals surface area contributed by atoms with Crippen molar-refractivity contribution in [1.29, 1.82) is 0 Å². The highest BCUT2D eigenvalue weighted by Crippen LogP contribution is 2.09. The number of aldehydes is 1. The molecular weight excluding hydrogens is 346 g/mol. The quantitative estimate of drug-likeness (QED) is 0.645. The Morgan fingerprint density at radius 3 is 2.56 bits per heavy atom. The molecule has 2 rings (SSSR count). The Hall–Kier alpha value is -2.96. The summed E-state index contributed by atoms with van der Waals surface area (Å²) >= 11 is 0. The van der Waals surface area contributed by atoms with E-state index >= 15 is 0 Å². The third kappa shape index (κ3) is 6.06. The lowest BCUT2D eigenvalue weighted by molar-refractivity contribution is -0.123. The summed E-state index contributed by atoms with van der Waals surface area (Å²) < 4.78 is 5.06. The van der Waals surface area contributed by atoms with E-state index in [1.54, 1.807) is 4.90 Å². The highest BCUT2D eigenvalue weighted by molar-refractivity contribution is 5.91. The minimum atomic E-state index is -0.568. The molecule has 1 atom stereocenters. The molecule has 0 fully saturated rings. The van der Waals surface area contributed by atoms with Crippen molar-refractivity contribution in [3.8, 4) is 0 Å². The molecule has 0 saturated heterocycles. The van der Waals surface area contributed by atoms with Crippen LogP contribution < -0.4 is 5.32 Å². The molecule has 0 aliphatic carbocycles. The maximum absolute atomic E-state index is 12.2. The molecule has 0 saturated carbocycles. The molecule has 27 heavy (non-hydrogen) atoms. The van der Waals surface area contributed by atoms with Gasteiger partial charge in [-0.05, 0) is 32.3 Å². The number of benzene rings is 1. The van der Waals surface area contributed by atoms with Gasteiger partial charge < -0.3 is 19.5 Å². The minimum Gasteiger partial charge on any atom is -0.351 e. The van der Waals surface area contributed by atoms with Gasteiger partial charge in [0.1, 0.15) is 6.29 Å². The van der Waals surface area contributed by atoms with Crippen molar-refractivity contribution in [2.24, 2.45) is 0 Å². The summed E-state index contributed by atoms with van der Waals surface area (Å²) in [5, 5.41) is 6.47. The molecule has 0 bridgehead atoms. The third-order valence-electron chi connectivity index (χ3n) is 4.26. The standard InChI is InChI=1S/C20H25N3O4/c1-3-23(4-2)20(26)18-12-17(22-27-18)13-19(25)21-16(14-24)11-10-15-8-6-5-7-9-15/h5-9,12,14,16H,3-4,10-11,13H2,1-2H3,(H,21,25)/t16-/m0/s1. The number of hydrogen-bond donors (Lipinski definition) is 1. The number of carbonyl (C=O) groups excluding carboxylic acids is 3. The Kier molecular flexibility index (Phi) is 7.73. The molecule has 144 valence electrons. The minimum absolute atomic E-state index is 0.0509. The molecule has 1 N–H and O–H groups in total. The third-order valence-corrected chi connectivity index (χ3v) is 4.26. The van der Waals surface area contributed by atoms with Gasteiger partial charge in [-0.25, -0.2) is 0 Å². The van der Waals surface area contributed by atoms with E-state index in [-0.39, 0.29) is 24.0 Å². The summed E-state index contributed by atoms with van der Waals surface area (Å²) in [5.41, 5.74) is 1.46. The second-order valence-electron chi connectivity index (χ2n) is 6.17. The highest BCUT2D eigenvalue weighted by atomic mass is 16.5. The smallest absolute Gasteiger partial charge is 0.292 e. The number of rotatable bonds is 10. The average molecular weight is 371 g/mol. The van der Waals surface area contributed by atoms with Crippen LogP contribution in [0.2, 0.25) is 0 Å². The van der Waals surface area contributed by atoms with Gasteiger partial charge in [0, 0.05) is 19.2 Å². The fourth-order valence-electron chi connectivity index (χ4n) is 2.73. The van der Waals surface area contributed by atoms with E-state index < -0.39 is 6.04 Å². The zero-order valence-corrected chi connectivity index (χ0v) is 15.7. The van der Waals surface area contributed by atoms with E-state index in [0.29, 0.717) is 31.6 Å². The van der Waals surface area contributed by atoms with Gasteiger partial charge >= 0.3 is 0 Å². The molecule has 1 heterocycles. The molecule has 7 nitrogen and oxygen atoms in total. The first-order valence-electron chi connectivity index (χ1n) is 9.10. The largest absolute Gasteiger partial charge is 0.351 e. The van der Waals surface area contributed by atoms with E-state index in [2.05, 4.69) is 10.5 Å². The molecule has 1 aromatic carbocycles. The summed E-state index contributed by atoms with van der Waals surface area (Å²) in [6.07, 6.45) is 1.89. The van der Waals surface area contributed by atoms with Crippen LogP contribution in [-0.4, -0.2) is 47.3 Å². The lowest BCUT2D eigenvalue weighted by atomic mass is 10.1. The van der Waals surface area contributed by atoms with E-state index in [0.717, 1.165) is 11.8 Å². The lowest BCUT2D eigenvalue weighted by Gasteiger charge is -2.15. The maximum Gasteiger partial charge on any atom is 0.292 e. The summed E-state index contributed by atoms with van der Waals surface area (Å²) in [6.45, 7) is 4.88. The molecule has 0 radical (unpaired) electrons. The van der Waals surface area contributed by atoms with Crippen LogP contribution in [0.4, 0.5) is 0 Å². The molecule has 2 amide bonds. The van der Waals surface area contributed by atoms with Gasteiger partial charge in [-0.1, -0.05) is 35.5 Å². The Labute approximate surface area is 158 Å². The van der Waals surface area contributed by atoms with Gasteiger partial charge in [-0.2, -0.15) is 0 Å². The lowest BCUT2D eigenvalue weighted by Crippen LogP contribution is -2.37.